The lowest BCUT2D eigenvalue weighted by Crippen LogP contribution is -2.53. The highest BCUT2D eigenvalue weighted by atomic mass is 16.6. The van der Waals surface area contributed by atoms with Gasteiger partial charge in [0.05, 0.1) is 44.4 Å². The van der Waals surface area contributed by atoms with Gasteiger partial charge in [-0.25, -0.2) is 0 Å². The molecule has 310 valence electrons. The first-order valence-electron chi connectivity index (χ1n) is 20.6. The van der Waals surface area contributed by atoms with E-state index < -0.39 is 53.3 Å². The molecule has 5 aromatic rings. The molecule has 0 bridgehead atoms. The summed E-state index contributed by atoms with van der Waals surface area (Å²) in [6.07, 6.45) is -0.575. The molecule has 9 rings (SSSR count). The number of benzene rings is 5. The van der Waals surface area contributed by atoms with Crippen LogP contribution in [0.2, 0.25) is 0 Å². The lowest BCUT2D eigenvalue weighted by Gasteiger charge is -2.46. The van der Waals surface area contributed by atoms with E-state index in [1.165, 1.54) is 0 Å². The minimum absolute atomic E-state index is 0.0369. The fraction of sp³-hybridized carbons (Fsp3) is 0.286. The molecule has 6 atom stereocenters. The molecule has 12 nitrogen and oxygen atoms in total. The maximum atomic E-state index is 15.5. The molecule has 4 aliphatic heterocycles. The van der Waals surface area contributed by atoms with Gasteiger partial charge in [-0.2, -0.15) is 0 Å². The van der Waals surface area contributed by atoms with Crippen LogP contribution in [-0.2, 0) is 29.3 Å². The van der Waals surface area contributed by atoms with Crippen LogP contribution in [-0.4, -0.2) is 85.1 Å². The van der Waals surface area contributed by atoms with Crippen molar-refractivity contribution in [1.82, 2.24) is 4.90 Å². The number of anilines is 3. The highest BCUT2D eigenvalue weighted by Gasteiger charge is 2.74. The average Bonchev–Trinajstić information content (AvgIpc) is 3.78. The van der Waals surface area contributed by atoms with Gasteiger partial charge in [-0.3, -0.25) is 19.3 Å². The molecule has 0 saturated carbocycles. The number of morpholine rings is 2. The number of cyclic esters (lactones) is 1. The third kappa shape index (κ3) is 7.29. The van der Waals surface area contributed by atoms with E-state index in [-0.39, 0.29) is 26.2 Å². The molecule has 1 spiro atoms. The molecule has 3 fully saturated rings. The first-order chi connectivity index (χ1) is 29.9. The summed E-state index contributed by atoms with van der Waals surface area (Å²) >= 11 is 0. The number of nitrogens with one attached hydrogen (secondary N) is 2. The van der Waals surface area contributed by atoms with Crippen molar-refractivity contribution in [2.75, 3.05) is 61.7 Å². The quantitative estimate of drug-likeness (QED) is 0.105. The Morgan fingerprint density at radius 2 is 1.54 bits per heavy atom. The Balaban J connectivity index is 1.28. The van der Waals surface area contributed by atoms with E-state index in [9.17, 15) is 10.2 Å². The number of hydrogen-bond acceptors (Lipinski definition) is 10. The zero-order chi connectivity index (χ0) is 41.9. The van der Waals surface area contributed by atoms with Gasteiger partial charge in [0.1, 0.15) is 29.9 Å². The monoisotopic (exact) mass is 818 g/mol. The van der Waals surface area contributed by atoms with E-state index in [0.29, 0.717) is 47.0 Å². The summed E-state index contributed by atoms with van der Waals surface area (Å²) in [5.41, 5.74) is 3.52. The Morgan fingerprint density at radius 1 is 0.820 bits per heavy atom. The fourth-order valence-electron chi connectivity index (χ4n) is 9.63. The lowest BCUT2D eigenvalue weighted by atomic mass is 9.65. The van der Waals surface area contributed by atoms with Gasteiger partial charge in [0.15, 0.2) is 0 Å². The summed E-state index contributed by atoms with van der Waals surface area (Å²) in [7, 11) is 0. The normalized spacial score (nSPS) is 24.2. The van der Waals surface area contributed by atoms with Crippen LogP contribution in [0.25, 0.3) is 0 Å². The van der Waals surface area contributed by atoms with E-state index >= 15 is 14.4 Å². The van der Waals surface area contributed by atoms with E-state index in [2.05, 4.69) is 27.4 Å². The summed E-state index contributed by atoms with van der Waals surface area (Å²) in [4.78, 5) is 50.4. The second-order valence-electron chi connectivity index (χ2n) is 15.5. The molecule has 3 saturated heterocycles. The van der Waals surface area contributed by atoms with Gasteiger partial charge >= 0.3 is 5.97 Å². The van der Waals surface area contributed by atoms with Crippen molar-refractivity contribution < 1.29 is 38.8 Å². The van der Waals surface area contributed by atoms with Gasteiger partial charge in [0, 0.05) is 42.1 Å². The largest absolute Gasteiger partial charge is 0.491 e. The van der Waals surface area contributed by atoms with Crippen molar-refractivity contribution in [3.8, 4) is 17.6 Å². The van der Waals surface area contributed by atoms with Crippen molar-refractivity contribution >= 4 is 34.8 Å². The first-order valence-corrected chi connectivity index (χ1v) is 20.6. The van der Waals surface area contributed by atoms with Crippen LogP contribution in [0, 0.1) is 17.8 Å². The number of nitrogens with zero attached hydrogens (tertiary/aromatic N) is 2. The summed E-state index contributed by atoms with van der Waals surface area (Å²) in [5.74, 6) is 3.59. The molecule has 2 amide bonds. The SMILES string of the molecule is O=C1O[C@H](c2ccccc2)[C@H](c2ccccc2)N2[C@H]1[C@@H](C(=O)Nc1ccc(N3CCOCC3)cc1)[C@]1(C(=O)Nc3ccc(C#CCCO)cc31)[C@H]2c1cccc(OCCO)c1. The minimum Gasteiger partial charge on any atom is -0.491 e. The van der Waals surface area contributed by atoms with Crippen molar-refractivity contribution in [3.63, 3.8) is 0 Å². The molecule has 5 aromatic carbocycles. The summed E-state index contributed by atoms with van der Waals surface area (Å²) in [6, 6.07) is 36.6. The number of aliphatic hydroxyl groups excluding tert-OH is 2. The van der Waals surface area contributed by atoms with Crippen LogP contribution < -0.4 is 20.3 Å². The molecule has 61 heavy (non-hydrogen) atoms. The number of aliphatic hydroxyl groups is 2. The Labute approximate surface area is 354 Å². The third-order valence-corrected chi connectivity index (χ3v) is 12.1. The number of carbonyl (C=O) groups is 3. The van der Waals surface area contributed by atoms with E-state index in [0.717, 1.165) is 29.9 Å². The maximum absolute atomic E-state index is 15.5. The van der Waals surface area contributed by atoms with Crippen molar-refractivity contribution in [3.05, 3.63) is 155 Å². The predicted octanol–water partition coefficient (Wildman–Crippen LogP) is 5.54. The van der Waals surface area contributed by atoms with Crippen molar-refractivity contribution in [1.29, 1.82) is 0 Å². The molecule has 0 aliphatic carbocycles. The average molecular weight is 819 g/mol. The van der Waals surface area contributed by atoms with E-state index in [1.54, 1.807) is 18.2 Å². The van der Waals surface area contributed by atoms with Gasteiger partial charge in [-0.1, -0.05) is 84.6 Å². The number of carbonyl (C=O) groups excluding carboxylic acids is 3. The first kappa shape index (κ1) is 39.9. The molecule has 0 radical (unpaired) electrons. The van der Waals surface area contributed by atoms with Crippen molar-refractivity contribution in [2.45, 2.75) is 36.1 Å². The lowest BCUT2D eigenvalue weighted by molar-refractivity contribution is -0.177. The Morgan fingerprint density at radius 3 is 2.26 bits per heavy atom. The summed E-state index contributed by atoms with van der Waals surface area (Å²) in [6.45, 7) is 2.46. The number of ether oxygens (including phenoxy) is 3. The van der Waals surface area contributed by atoms with Crippen LogP contribution >= 0.6 is 0 Å². The predicted molar refractivity (Wildman–Crippen MR) is 229 cm³/mol. The number of fused-ring (bicyclic) bond motifs is 3. The van der Waals surface area contributed by atoms with Crippen LogP contribution in [0.1, 0.15) is 52.4 Å². The molecular weight excluding hydrogens is 773 g/mol. The third-order valence-electron chi connectivity index (χ3n) is 12.1. The number of esters is 1. The summed E-state index contributed by atoms with van der Waals surface area (Å²) < 4.78 is 18.0. The van der Waals surface area contributed by atoms with Crippen LogP contribution in [0.5, 0.6) is 5.75 Å². The molecule has 0 unspecified atom stereocenters. The smallest absolute Gasteiger partial charge is 0.324 e. The molecule has 12 heteroatoms. The highest BCUT2D eigenvalue weighted by Crippen LogP contribution is 2.65. The van der Waals surface area contributed by atoms with E-state index in [4.69, 9.17) is 14.2 Å². The topological polar surface area (TPSA) is 150 Å². The zero-order valence-corrected chi connectivity index (χ0v) is 33.4. The number of hydrogen-bond donors (Lipinski definition) is 4. The summed E-state index contributed by atoms with van der Waals surface area (Å²) in [5, 5.41) is 25.5. The zero-order valence-electron chi connectivity index (χ0n) is 33.4. The second kappa shape index (κ2) is 17.2. The Kier molecular flexibility index (Phi) is 11.3. The van der Waals surface area contributed by atoms with Gasteiger partial charge in [-0.15, -0.1) is 0 Å². The molecule has 0 aromatic heterocycles. The van der Waals surface area contributed by atoms with Crippen LogP contribution in [0.15, 0.2) is 127 Å². The number of rotatable bonds is 10. The Hall–Kier alpha value is -6.49. The fourth-order valence-corrected chi connectivity index (χ4v) is 9.63. The van der Waals surface area contributed by atoms with E-state index in [1.807, 2.05) is 114 Å². The number of amides is 2. The van der Waals surface area contributed by atoms with Crippen LogP contribution in [0.4, 0.5) is 17.1 Å². The van der Waals surface area contributed by atoms with Gasteiger partial charge in [-0.05, 0) is 76.9 Å². The molecule has 4 N–H and O–H groups in total. The standard InChI is InChI=1S/C49H46N4O8/c54-25-8-7-10-32-17-22-40-39(30-32)49(48(58)51-40)41(46(56)50-36-18-20-37(21-19-36)52-23-27-59-28-24-52)43-47(57)61-44(34-13-5-2-6-14-34)42(33-11-3-1-4-12-33)53(43)45(49)35-15-9-16-38(31-35)60-29-26-55/h1-6,9,11-22,30-31,41-45,54-55H,8,23-29H2,(H,50,56)(H,51,58)/t41-,42-,43-,44+,45+,49-/m0/s1. The van der Waals surface area contributed by atoms with Crippen molar-refractivity contribution in [2.24, 2.45) is 5.92 Å². The second-order valence-corrected chi connectivity index (χ2v) is 15.5. The maximum Gasteiger partial charge on any atom is 0.324 e. The molecule has 4 aliphatic rings. The van der Waals surface area contributed by atoms with Crippen LogP contribution in [0.3, 0.4) is 0 Å². The van der Waals surface area contributed by atoms with Gasteiger partial charge in [0.2, 0.25) is 11.8 Å². The van der Waals surface area contributed by atoms with Gasteiger partial charge < -0.3 is 40.0 Å². The minimum atomic E-state index is -1.74. The molecular formula is C49H46N4O8. The Bertz CT molecular complexity index is 2470. The highest BCUT2D eigenvalue weighted by molar-refractivity contribution is 6.13. The van der Waals surface area contributed by atoms with Gasteiger partial charge in [0.25, 0.3) is 0 Å². The molecule has 4 heterocycles.